The zero-order valence-electron chi connectivity index (χ0n) is 25.6. The van der Waals surface area contributed by atoms with Crippen molar-refractivity contribution in [3.8, 4) is 11.1 Å². The van der Waals surface area contributed by atoms with E-state index in [0.717, 1.165) is 4.90 Å². The molecule has 3 aromatic rings. The number of nitrogens with zero attached hydrogens (tertiary/aromatic N) is 3. The van der Waals surface area contributed by atoms with E-state index in [4.69, 9.17) is 4.74 Å². The predicted molar refractivity (Wildman–Crippen MR) is 156 cm³/mol. The van der Waals surface area contributed by atoms with Crippen LogP contribution in [0.4, 0.5) is 42.2 Å². The van der Waals surface area contributed by atoms with Gasteiger partial charge in [0.2, 0.25) is 5.91 Å². The molecular weight excluding hydrogens is 623 g/mol. The lowest BCUT2D eigenvalue weighted by Crippen LogP contribution is -2.42. The summed E-state index contributed by atoms with van der Waals surface area (Å²) in [5, 5.41) is 10.4. The number of β-amino-alcohol motifs (C(OH)–C–C–N with tert-alkyl or cyclic N) is 1. The number of hydrogen-bond donors (Lipinski definition) is 1. The highest BCUT2D eigenvalue weighted by atomic mass is 19.4. The summed E-state index contributed by atoms with van der Waals surface area (Å²) in [6, 6.07) is 6.10. The quantitative estimate of drug-likeness (QED) is 0.226. The minimum atomic E-state index is -5.11. The van der Waals surface area contributed by atoms with Gasteiger partial charge in [0, 0.05) is 26.1 Å². The smallest absolute Gasteiger partial charge is 0.416 e. The molecule has 1 saturated heterocycles. The zero-order chi connectivity index (χ0) is 34.4. The van der Waals surface area contributed by atoms with Crippen LogP contribution in [0.15, 0.2) is 48.7 Å². The molecule has 0 bridgehead atoms. The molecule has 1 fully saturated rings. The van der Waals surface area contributed by atoms with E-state index in [1.54, 1.807) is 17.9 Å². The Morgan fingerprint density at radius 3 is 2.11 bits per heavy atom. The lowest BCUT2D eigenvalue weighted by molar-refractivity contribution is -0.144. The molecule has 7 nitrogen and oxygen atoms in total. The summed E-state index contributed by atoms with van der Waals surface area (Å²) in [7, 11) is 1.31. The Labute approximate surface area is 260 Å². The number of carbonyl (C=O) groups excluding carboxylic acids is 2. The lowest BCUT2D eigenvalue weighted by atomic mass is 9.81. The molecule has 0 radical (unpaired) electrons. The maximum absolute atomic E-state index is 14.1. The summed E-state index contributed by atoms with van der Waals surface area (Å²) in [5.74, 6) is -1.57. The number of alkyl halides is 6. The van der Waals surface area contributed by atoms with Crippen molar-refractivity contribution < 1.29 is 50.2 Å². The highest BCUT2D eigenvalue weighted by molar-refractivity contribution is 6.03. The summed E-state index contributed by atoms with van der Waals surface area (Å²) in [5.41, 5.74) is -4.09. The largest absolute Gasteiger partial charge is 0.464 e. The Kier molecular flexibility index (Phi) is 9.45. The fourth-order valence-corrected chi connectivity index (χ4v) is 5.52. The molecule has 248 valence electrons. The maximum Gasteiger partial charge on any atom is 0.416 e. The first-order valence-corrected chi connectivity index (χ1v) is 14.1. The number of esters is 1. The van der Waals surface area contributed by atoms with Gasteiger partial charge in [-0.15, -0.1) is 0 Å². The molecule has 0 spiro atoms. The van der Waals surface area contributed by atoms with Gasteiger partial charge in [-0.2, -0.15) is 26.3 Å². The number of aliphatic hydroxyl groups is 1. The molecule has 0 aliphatic carbocycles. The molecule has 46 heavy (non-hydrogen) atoms. The van der Waals surface area contributed by atoms with Gasteiger partial charge in [0.1, 0.15) is 18.2 Å². The Balaban J connectivity index is 1.82. The standard InChI is InChI=1S/C32H32F7N3O4/c1-17-8-22(33)6-7-25(17)26-13-28(42-15-24(44)12-23(42)16-46-18(2)43)40-14-27(26)41(5)29(45)30(3,4)19-9-20(31(34,35)36)11-21(10-19)32(37,38)39/h6-11,13-14,23-24,44H,12,15-16H2,1-5H3/t23-,24+/m0/s1. The fourth-order valence-electron chi connectivity index (χ4n) is 5.52. The predicted octanol–water partition coefficient (Wildman–Crippen LogP) is 6.68. The molecule has 2 heterocycles. The van der Waals surface area contributed by atoms with Crippen LogP contribution in [0.2, 0.25) is 0 Å². The van der Waals surface area contributed by atoms with Crippen LogP contribution in [0.25, 0.3) is 11.1 Å². The van der Waals surface area contributed by atoms with E-state index < -0.39 is 64.3 Å². The third-order valence-electron chi connectivity index (χ3n) is 8.02. The van der Waals surface area contributed by atoms with Crippen LogP contribution < -0.4 is 9.80 Å². The summed E-state index contributed by atoms with van der Waals surface area (Å²) in [6.45, 7) is 5.41. The van der Waals surface area contributed by atoms with Gasteiger partial charge in [0.05, 0.1) is 40.6 Å². The van der Waals surface area contributed by atoms with Gasteiger partial charge in [-0.25, -0.2) is 9.37 Å². The Hall–Kier alpha value is -4.20. The number of aromatic nitrogens is 1. The van der Waals surface area contributed by atoms with Gasteiger partial charge in [0.15, 0.2) is 0 Å². The van der Waals surface area contributed by atoms with Gasteiger partial charge in [-0.3, -0.25) is 9.59 Å². The highest BCUT2D eigenvalue weighted by Gasteiger charge is 2.41. The maximum atomic E-state index is 14.1. The normalized spacial score (nSPS) is 17.3. The summed E-state index contributed by atoms with van der Waals surface area (Å²) in [6.07, 6.45) is -9.40. The number of likely N-dealkylation sites (N-methyl/N-ethyl adjacent to an activating group) is 1. The van der Waals surface area contributed by atoms with E-state index >= 15 is 0 Å². The monoisotopic (exact) mass is 655 g/mol. The topological polar surface area (TPSA) is 83.0 Å². The minimum absolute atomic E-state index is 0.00412. The molecule has 0 unspecified atom stereocenters. The van der Waals surface area contributed by atoms with Crippen LogP contribution in [0.3, 0.4) is 0 Å². The number of halogens is 7. The van der Waals surface area contributed by atoms with E-state index in [9.17, 15) is 45.4 Å². The number of pyridine rings is 1. The summed E-state index contributed by atoms with van der Waals surface area (Å²) in [4.78, 5) is 32.7. The van der Waals surface area contributed by atoms with Crippen molar-refractivity contribution in [1.29, 1.82) is 0 Å². The number of hydrogen-bond acceptors (Lipinski definition) is 6. The van der Waals surface area contributed by atoms with E-state index in [-0.39, 0.29) is 31.3 Å². The van der Waals surface area contributed by atoms with Crippen LogP contribution in [-0.4, -0.2) is 54.3 Å². The number of rotatable bonds is 7. The molecule has 1 amide bonds. The third kappa shape index (κ3) is 7.27. The van der Waals surface area contributed by atoms with Crippen LogP contribution in [0, 0.1) is 12.7 Å². The van der Waals surface area contributed by atoms with Crippen LogP contribution >= 0.6 is 0 Å². The molecule has 1 aliphatic heterocycles. The van der Waals surface area contributed by atoms with Gasteiger partial charge >= 0.3 is 18.3 Å². The van der Waals surface area contributed by atoms with Gasteiger partial charge in [0.25, 0.3) is 0 Å². The molecular formula is C32H32F7N3O4. The van der Waals surface area contributed by atoms with Crippen LogP contribution in [-0.2, 0) is 32.1 Å². The molecule has 4 rings (SSSR count). The molecule has 14 heteroatoms. The Morgan fingerprint density at radius 1 is 0.978 bits per heavy atom. The first kappa shape index (κ1) is 34.7. The molecule has 1 aliphatic rings. The fraction of sp³-hybridized carbons (Fsp3) is 0.406. The average Bonchev–Trinajstić information content (AvgIpc) is 3.34. The average molecular weight is 656 g/mol. The highest BCUT2D eigenvalue weighted by Crippen LogP contribution is 2.41. The molecule has 2 aromatic carbocycles. The molecule has 1 aromatic heterocycles. The lowest BCUT2D eigenvalue weighted by Gasteiger charge is -2.32. The van der Waals surface area contributed by atoms with E-state index in [1.807, 2.05) is 0 Å². The van der Waals surface area contributed by atoms with Crippen molar-refractivity contribution in [3.05, 3.63) is 76.7 Å². The van der Waals surface area contributed by atoms with E-state index in [1.165, 1.54) is 52.2 Å². The third-order valence-corrected chi connectivity index (χ3v) is 8.02. The number of anilines is 2. The van der Waals surface area contributed by atoms with Crippen molar-refractivity contribution in [2.45, 2.75) is 64.0 Å². The first-order chi connectivity index (χ1) is 21.2. The van der Waals surface area contributed by atoms with Crippen LogP contribution in [0.1, 0.15) is 49.4 Å². The molecule has 2 atom stereocenters. The van der Waals surface area contributed by atoms with Crippen molar-refractivity contribution in [2.24, 2.45) is 0 Å². The number of carbonyl (C=O) groups is 2. The van der Waals surface area contributed by atoms with Crippen molar-refractivity contribution in [1.82, 2.24) is 4.98 Å². The summed E-state index contributed by atoms with van der Waals surface area (Å²) >= 11 is 0. The first-order valence-electron chi connectivity index (χ1n) is 14.1. The number of amides is 1. The van der Waals surface area contributed by atoms with Crippen molar-refractivity contribution in [3.63, 3.8) is 0 Å². The molecule has 1 N–H and O–H groups in total. The van der Waals surface area contributed by atoms with E-state index in [2.05, 4.69) is 4.98 Å². The van der Waals surface area contributed by atoms with Gasteiger partial charge in [-0.1, -0.05) is 6.07 Å². The van der Waals surface area contributed by atoms with Gasteiger partial charge in [-0.05, 0) is 80.3 Å². The van der Waals surface area contributed by atoms with Crippen molar-refractivity contribution in [2.75, 3.05) is 30.0 Å². The van der Waals surface area contributed by atoms with Crippen LogP contribution in [0.5, 0.6) is 0 Å². The minimum Gasteiger partial charge on any atom is -0.464 e. The van der Waals surface area contributed by atoms with E-state index in [0.29, 0.717) is 34.6 Å². The second kappa shape index (κ2) is 12.5. The molecule has 0 saturated carbocycles. The zero-order valence-corrected chi connectivity index (χ0v) is 25.6. The summed E-state index contributed by atoms with van der Waals surface area (Å²) < 4.78 is 101. The number of aryl methyl sites for hydroxylation is 1. The van der Waals surface area contributed by atoms with Gasteiger partial charge < -0.3 is 19.6 Å². The Bertz CT molecular complexity index is 1610. The number of aliphatic hydroxyl groups excluding tert-OH is 1. The number of ether oxygens (including phenoxy) is 1. The SMILES string of the molecule is CC(=O)OC[C@@H]1C[C@@H](O)CN1c1cc(-c2ccc(F)cc2C)c(N(C)C(=O)C(C)(C)c2cc(C(F)(F)F)cc(C(F)(F)F)c2)cn1. The number of benzene rings is 2. The Morgan fingerprint density at radius 2 is 1.57 bits per heavy atom. The second-order valence-electron chi connectivity index (χ2n) is 11.8. The second-order valence-corrected chi connectivity index (χ2v) is 11.8. The van der Waals surface area contributed by atoms with Crippen molar-refractivity contribution >= 4 is 23.4 Å².